The minimum atomic E-state index is -0.417. The van der Waals surface area contributed by atoms with Crippen molar-refractivity contribution in [1.82, 2.24) is 9.97 Å². The van der Waals surface area contributed by atoms with Gasteiger partial charge in [0.05, 0.1) is 0 Å². The van der Waals surface area contributed by atoms with E-state index >= 15 is 0 Å². The van der Waals surface area contributed by atoms with Gasteiger partial charge in [-0.2, -0.15) is 0 Å². The molecule has 3 aromatic rings. The zero-order chi connectivity index (χ0) is 16.2. The van der Waals surface area contributed by atoms with Crippen molar-refractivity contribution in [1.29, 1.82) is 0 Å². The van der Waals surface area contributed by atoms with E-state index < -0.39 is 5.92 Å². The third-order valence-corrected chi connectivity index (χ3v) is 3.65. The molecule has 3 rings (SSSR count). The second-order valence-corrected chi connectivity index (χ2v) is 5.01. The quantitative estimate of drug-likeness (QED) is 0.734. The molecular weight excluding hydrogens is 299 g/mol. The van der Waals surface area contributed by atoms with Crippen molar-refractivity contribution in [3.63, 3.8) is 0 Å². The first kappa shape index (κ1) is 14.9. The molecule has 0 saturated carbocycles. The Bertz CT molecular complexity index is 907. The maximum Gasteiger partial charge on any atom is 0.293 e. The number of rotatable bonds is 5. The fourth-order valence-electron chi connectivity index (χ4n) is 2.62. The van der Waals surface area contributed by atoms with Crippen LogP contribution in [0.2, 0.25) is 0 Å². The van der Waals surface area contributed by atoms with Crippen molar-refractivity contribution in [3.05, 3.63) is 76.1 Å². The normalized spacial score (nSPS) is 12.0. The van der Waals surface area contributed by atoms with E-state index in [4.69, 9.17) is 4.74 Å². The van der Waals surface area contributed by atoms with E-state index in [9.17, 15) is 14.0 Å². The van der Waals surface area contributed by atoms with Crippen molar-refractivity contribution in [2.24, 2.45) is 0 Å². The van der Waals surface area contributed by atoms with Crippen LogP contribution in [-0.2, 0) is 9.53 Å². The standard InChI is InChI=1S/C17H13FN2O3/c18-12-4-1-3-11(7-12)15(9-23-10-21)14-8-20-17(22)16-13(14)5-2-6-19-16/h1-8,10,15H,9H2,(H,20,22). The fourth-order valence-corrected chi connectivity index (χ4v) is 2.62. The summed E-state index contributed by atoms with van der Waals surface area (Å²) < 4.78 is 18.5. The molecule has 0 aliphatic rings. The minimum absolute atomic E-state index is 0.0307. The van der Waals surface area contributed by atoms with E-state index in [1.54, 1.807) is 30.5 Å². The minimum Gasteiger partial charge on any atom is -0.467 e. The van der Waals surface area contributed by atoms with Crippen LogP contribution < -0.4 is 5.56 Å². The van der Waals surface area contributed by atoms with Crippen LogP contribution in [0.15, 0.2) is 53.6 Å². The lowest BCUT2D eigenvalue weighted by Crippen LogP contribution is -2.15. The molecule has 0 radical (unpaired) electrons. The molecule has 23 heavy (non-hydrogen) atoms. The Morgan fingerprint density at radius 2 is 2.17 bits per heavy atom. The van der Waals surface area contributed by atoms with Gasteiger partial charge in [-0.15, -0.1) is 0 Å². The molecule has 1 N–H and O–H groups in total. The number of benzene rings is 1. The summed E-state index contributed by atoms with van der Waals surface area (Å²) in [6, 6.07) is 9.54. The van der Waals surface area contributed by atoms with Crippen molar-refractivity contribution < 1.29 is 13.9 Å². The van der Waals surface area contributed by atoms with Gasteiger partial charge < -0.3 is 9.72 Å². The molecule has 0 aliphatic heterocycles. The smallest absolute Gasteiger partial charge is 0.293 e. The van der Waals surface area contributed by atoms with E-state index in [-0.39, 0.29) is 23.5 Å². The number of halogens is 1. The van der Waals surface area contributed by atoms with Crippen LogP contribution in [0.1, 0.15) is 17.0 Å². The second kappa shape index (κ2) is 6.39. The Hall–Kier alpha value is -3.02. The lowest BCUT2D eigenvalue weighted by atomic mass is 9.90. The zero-order valence-electron chi connectivity index (χ0n) is 12.0. The van der Waals surface area contributed by atoms with E-state index in [2.05, 4.69) is 9.97 Å². The number of hydrogen-bond acceptors (Lipinski definition) is 4. The summed E-state index contributed by atoms with van der Waals surface area (Å²) in [7, 11) is 0. The van der Waals surface area contributed by atoms with E-state index in [1.807, 2.05) is 0 Å². The molecule has 0 bridgehead atoms. The third kappa shape index (κ3) is 2.96. The highest BCUT2D eigenvalue weighted by atomic mass is 19.1. The Labute approximate surface area is 130 Å². The highest BCUT2D eigenvalue weighted by Crippen LogP contribution is 2.29. The van der Waals surface area contributed by atoms with Gasteiger partial charge in [0.1, 0.15) is 17.9 Å². The molecule has 1 aromatic carbocycles. The number of carbonyl (C=O) groups excluding carboxylic acids is 1. The molecule has 0 saturated heterocycles. The monoisotopic (exact) mass is 312 g/mol. The Balaban J connectivity index is 2.19. The summed E-state index contributed by atoms with van der Waals surface area (Å²) in [5, 5.41) is 0.639. The molecule has 0 spiro atoms. The van der Waals surface area contributed by atoms with E-state index in [0.29, 0.717) is 23.0 Å². The molecule has 2 aromatic heterocycles. The lowest BCUT2D eigenvalue weighted by Gasteiger charge is -2.18. The van der Waals surface area contributed by atoms with Crippen molar-refractivity contribution >= 4 is 17.4 Å². The molecule has 1 unspecified atom stereocenters. The average Bonchev–Trinajstić information content (AvgIpc) is 2.57. The van der Waals surface area contributed by atoms with Crippen molar-refractivity contribution in [3.8, 4) is 0 Å². The van der Waals surface area contributed by atoms with Crippen LogP contribution in [0.5, 0.6) is 0 Å². The summed E-state index contributed by atoms with van der Waals surface area (Å²) >= 11 is 0. The number of aromatic amines is 1. The Morgan fingerprint density at radius 1 is 1.30 bits per heavy atom. The van der Waals surface area contributed by atoms with Gasteiger partial charge in [-0.25, -0.2) is 4.39 Å². The number of ether oxygens (including phenoxy) is 1. The first-order valence-electron chi connectivity index (χ1n) is 6.97. The van der Waals surface area contributed by atoms with Crippen LogP contribution in [-0.4, -0.2) is 23.0 Å². The molecule has 116 valence electrons. The molecule has 1 atom stereocenters. The molecular formula is C17H13FN2O3. The van der Waals surface area contributed by atoms with Gasteiger partial charge >= 0.3 is 0 Å². The average molecular weight is 312 g/mol. The summed E-state index contributed by atoms with van der Waals surface area (Å²) in [6.07, 6.45) is 3.08. The summed E-state index contributed by atoms with van der Waals surface area (Å²) in [4.78, 5) is 29.2. The SMILES string of the molecule is O=COCC(c1cccc(F)c1)c1c[nH]c(=O)c2ncccc12. The molecule has 0 amide bonds. The number of fused-ring (bicyclic) bond motifs is 1. The maximum absolute atomic E-state index is 13.6. The number of pyridine rings is 2. The van der Waals surface area contributed by atoms with Crippen LogP contribution >= 0.6 is 0 Å². The molecule has 6 heteroatoms. The van der Waals surface area contributed by atoms with E-state index in [0.717, 1.165) is 0 Å². The van der Waals surface area contributed by atoms with Crippen molar-refractivity contribution in [2.75, 3.05) is 6.61 Å². The topological polar surface area (TPSA) is 72.1 Å². The summed E-state index contributed by atoms with van der Waals surface area (Å²) in [5.41, 5.74) is 1.33. The first-order chi connectivity index (χ1) is 11.2. The summed E-state index contributed by atoms with van der Waals surface area (Å²) in [6.45, 7) is 0.376. The number of nitrogens with zero attached hydrogens (tertiary/aromatic N) is 1. The second-order valence-electron chi connectivity index (χ2n) is 5.01. The van der Waals surface area contributed by atoms with Gasteiger partial charge in [0, 0.05) is 23.7 Å². The number of nitrogens with one attached hydrogen (secondary N) is 1. The number of aromatic nitrogens is 2. The van der Waals surface area contributed by atoms with Gasteiger partial charge in [-0.05, 0) is 29.3 Å². The third-order valence-electron chi connectivity index (χ3n) is 3.65. The van der Waals surface area contributed by atoms with E-state index in [1.165, 1.54) is 18.3 Å². The number of H-pyrrole nitrogens is 1. The van der Waals surface area contributed by atoms with Crippen LogP contribution in [0.25, 0.3) is 10.9 Å². The fraction of sp³-hybridized carbons (Fsp3) is 0.118. The number of hydrogen-bond donors (Lipinski definition) is 1. The predicted molar refractivity (Wildman–Crippen MR) is 82.6 cm³/mol. The van der Waals surface area contributed by atoms with Gasteiger partial charge in [-0.3, -0.25) is 14.6 Å². The van der Waals surface area contributed by atoms with Crippen LogP contribution in [0.4, 0.5) is 4.39 Å². The largest absolute Gasteiger partial charge is 0.467 e. The van der Waals surface area contributed by atoms with Crippen LogP contribution in [0, 0.1) is 5.82 Å². The molecule has 0 aliphatic carbocycles. The highest BCUT2D eigenvalue weighted by molar-refractivity contribution is 5.81. The van der Waals surface area contributed by atoms with Gasteiger partial charge in [0.25, 0.3) is 12.0 Å². The maximum atomic E-state index is 13.6. The Morgan fingerprint density at radius 3 is 2.96 bits per heavy atom. The molecule has 2 heterocycles. The zero-order valence-corrected chi connectivity index (χ0v) is 12.0. The van der Waals surface area contributed by atoms with Crippen molar-refractivity contribution in [2.45, 2.75) is 5.92 Å². The predicted octanol–water partition coefficient (Wildman–Crippen LogP) is 2.37. The lowest BCUT2D eigenvalue weighted by molar-refractivity contribution is -0.128. The molecule has 5 nitrogen and oxygen atoms in total. The van der Waals surface area contributed by atoms with Gasteiger partial charge in [0.15, 0.2) is 0 Å². The number of carbonyl (C=O) groups is 1. The van der Waals surface area contributed by atoms with Gasteiger partial charge in [-0.1, -0.05) is 18.2 Å². The van der Waals surface area contributed by atoms with Gasteiger partial charge in [0.2, 0.25) is 0 Å². The molecule has 0 fully saturated rings. The highest BCUT2D eigenvalue weighted by Gasteiger charge is 2.19. The first-order valence-corrected chi connectivity index (χ1v) is 6.97. The Kier molecular flexibility index (Phi) is 4.14. The summed E-state index contributed by atoms with van der Waals surface area (Å²) in [5.74, 6) is -0.801. The van der Waals surface area contributed by atoms with Crippen LogP contribution in [0.3, 0.4) is 0 Å².